The van der Waals surface area contributed by atoms with Gasteiger partial charge in [-0.3, -0.25) is 4.57 Å². The smallest absolute Gasteiger partial charge is 0.351 e. The summed E-state index contributed by atoms with van der Waals surface area (Å²) in [5, 5.41) is 37.7. The summed E-state index contributed by atoms with van der Waals surface area (Å²) in [6.07, 6.45) is -4.06. The number of rotatable bonds is 6. The van der Waals surface area contributed by atoms with Gasteiger partial charge in [0.1, 0.15) is 11.9 Å². The first-order valence-electron chi connectivity index (χ1n) is 5.70. The minimum atomic E-state index is -3.66. The van der Waals surface area contributed by atoms with Crippen molar-refractivity contribution in [3.63, 3.8) is 0 Å². The molecule has 21 heavy (non-hydrogen) atoms. The second-order valence-corrected chi connectivity index (χ2v) is 4.29. The van der Waals surface area contributed by atoms with E-state index in [1.165, 1.54) is 0 Å². The molecule has 0 spiro atoms. The summed E-state index contributed by atoms with van der Waals surface area (Å²) in [6, 6.07) is 1.09. The van der Waals surface area contributed by atoms with Crippen LogP contribution in [0.25, 0.3) is 0 Å². The molecule has 0 radical (unpaired) electrons. The Morgan fingerprint density at radius 3 is 2.48 bits per heavy atom. The molecule has 0 saturated carbocycles. The lowest BCUT2D eigenvalue weighted by atomic mass is 9.92. The number of ether oxygens (including phenoxy) is 1. The fourth-order valence-electron chi connectivity index (χ4n) is 1.78. The van der Waals surface area contributed by atoms with Crippen molar-refractivity contribution in [2.45, 2.75) is 24.0 Å². The van der Waals surface area contributed by atoms with Gasteiger partial charge in [-0.1, -0.05) is 0 Å². The normalized spacial score (nSPS) is 18.0. The number of hydrogen-bond acceptors (Lipinski definition) is 9. The van der Waals surface area contributed by atoms with Gasteiger partial charge >= 0.3 is 11.7 Å². The topological polar surface area (TPSA) is 177 Å². The lowest BCUT2D eigenvalue weighted by molar-refractivity contribution is -0.412. The van der Waals surface area contributed by atoms with E-state index in [9.17, 15) is 29.6 Å². The van der Waals surface area contributed by atoms with Gasteiger partial charge in [0.2, 0.25) is 6.30 Å². The van der Waals surface area contributed by atoms with Gasteiger partial charge in [-0.05, 0) is 6.07 Å². The van der Waals surface area contributed by atoms with Gasteiger partial charge in [-0.15, -0.1) is 0 Å². The lowest BCUT2D eigenvalue weighted by Crippen LogP contribution is -2.68. The number of alkyl halides is 1. The van der Waals surface area contributed by atoms with E-state index < -0.39 is 36.2 Å². The molecule has 1 aromatic rings. The van der Waals surface area contributed by atoms with Gasteiger partial charge in [0.25, 0.3) is 0 Å². The fraction of sp³-hybridized carbons (Fsp3) is 0.600. The number of anilines is 1. The molecule has 0 aliphatic carbocycles. The van der Waals surface area contributed by atoms with Crippen LogP contribution in [0.4, 0.5) is 10.2 Å². The summed E-state index contributed by atoms with van der Waals surface area (Å²) >= 11 is 0. The van der Waals surface area contributed by atoms with Gasteiger partial charge in [-0.2, -0.15) is 4.98 Å². The fourth-order valence-corrected chi connectivity index (χ4v) is 1.78. The maximum absolute atomic E-state index is 14.3. The quantitative estimate of drug-likeness (QED) is 0.293. The molecule has 0 aliphatic heterocycles. The van der Waals surface area contributed by atoms with Crippen LogP contribution in [-0.4, -0.2) is 61.3 Å². The van der Waals surface area contributed by atoms with Crippen molar-refractivity contribution in [1.82, 2.24) is 9.55 Å². The van der Waals surface area contributed by atoms with Gasteiger partial charge < -0.3 is 36.6 Å². The summed E-state index contributed by atoms with van der Waals surface area (Å²) < 4.78 is 19.2. The third-order valence-corrected chi connectivity index (χ3v) is 3.09. The highest BCUT2D eigenvalue weighted by Gasteiger charge is 2.57. The first kappa shape index (κ1) is 17.4. The summed E-state index contributed by atoms with van der Waals surface area (Å²) in [4.78, 5) is 14.7. The van der Waals surface area contributed by atoms with Crippen molar-refractivity contribution < 1.29 is 29.6 Å². The van der Waals surface area contributed by atoms with Crippen LogP contribution in [0.3, 0.4) is 0 Å². The molecule has 0 fully saturated rings. The monoisotopic (exact) mass is 308 g/mol. The second kappa shape index (κ2) is 6.01. The number of aromatic nitrogens is 2. The molecule has 120 valence electrons. The molecule has 1 unspecified atom stereocenters. The largest absolute Gasteiger partial charge is 0.385 e. The van der Waals surface area contributed by atoms with Crippen LogP contribution in [-0.2, 0) is 4.74 Å². The van der Waals surface area contributed by atoms with E-state index in [2.05, 4.69) is 9.72 Å². The highest BCUT2D eigenvalue weighted by atomic mass is 19.1. The zero-order valence-electron chi connectivity index (χ0n) is 11.0. The SMILES string of the molecule is COC(CN)([C@@H](O)[C@@H](F)n1ccc(N)nc1=O)C(O)(O)O. The van der Waals surface area contributed by atoms with Crippen molar-refractivity contribution in [1.29, 1.82) is 0 Å². The van der Waals surface area contributed by atoms with Gasteiger partial charge in [-0.25, -0.2) is 9.18 Å². The van der Waals surface area contributed by atoms with Gasteiger partial charge in [0.05, 0.1) is 0 Å². The molecular formula is C10H17FN4O6. The van der Waals surface area contributed by atoms with Crippen molar-refractivity contribution in [3.8, 4) is 0 Å². The molecule has 1 heterocycles. The first-order chi connectivity index (χ1) is 9.60. The van der Waals surface area contributed by atoms with Crippen LogP contribution in [0, 0.1) is 0 Å². The number of hydrogen-bond donors (Lipinski definition) is 6. The number of nitrogens with two attached hydrogens (primary N) is 2. The minimum absolute atomic E-state index is 0.171. The summed E-state index contributed by atoms with van der Waals surface area (Å²) in [5.41, 5.74) is 6.63. The molecule has 0 aromatic carbocycles. The molecule has 0 bridgehead atoms. The number of halogens is 1. The Bertz CT molecular complexity index is 541. The Labute approximate surface area is 118 Å². The second-order valence-electron chi connectivity index (χ2n) is 4.29. The van der Waals surface area contributed by atoms with Crippen LogP contribution < -0.4 is 17.2 Å². The average molecular weight is 308 g/mol. The van der Waals surface area contributed by atoms with Crippen LogP contribution in [0.5, 0.6) is 0 Å². The van der Waals surface area contributed by atoms with E-state index in [0.29, 0.717) is 4.57 Å². The molecule has 1 aromatic heterocycles. The number of aliphatic hydroxyl groups excluding tert-OH is 1. The van der Waals surface area contributed by atoms with Crippen molar-refractivity contribution in [2.24, 2.45) is 5.73 Å². The van der Waals surface area contributed by atoms with Crippen molar-refractivity contribution in [2.75, 3.05) is 19.4 Å². The lowest BCUT2D eigenvalue weighted by Gasteiger charge is -2.42. The number of methoxy groups -OCH3 is 1. The number of nitrogen functional groups attached to an aromatic ring is 1. The van der Waals surface area contributed by atoms with Crippen molar-refractivity contribution >= 4 is 5.82 Å². The van der Waals surface area contributed by atoms with Crippen molar-refractivity contribution in [3.05, 3.63) is 22.7 Å². The predicted molar refractivity (Wildman–Crippen MR) is 67.2 cm³/mol. The van der Waals surface area contributed by atoms with E-state index in [-0.39, 0.29) is 5.82 Å². The predicted octanol–water partition coefficient (Wildman–Crippen LogP) is -3.37. The summed E-state index contributed by atoms with van der Waals surface area (Å²) in [6.45, 7) is -0.869. The molecular weight excluding hydrogens is 291 g/mol. The van der Waals surface area contributed by atoms with E-state index in [1.807, 2.05) is 0 Å². The number of aliphatic hydroxyl groups is 4. The molecule has 0 saturated heterocycles. The summed E-state index contributed by atoms with van der Waals surface area (Å²) in [7, 11) is 0.865. The maximum Gasteiger partial charge on any atom is 0.351 e. The molecule has 10 nitrogen and oxygen atoms in total. The minimum Gasteiger partial charge on any atom is -0.385 e. The highest BCUT2D eigenvalue weighted by Crippen LogP contribution is 2.31. The van der Waals surface area contributed by atoms with Crippen LogP contribution >= 0.6 is 0 Å². The zero-order chi connectivity index (χ0) is 16.4. The maximum atomic E-state index is 14.3. The zero-order valence-corrected chi connectivity index (χ0v) is 11.0. The van der Waals surface area contributed by atoms with E-state index in [4.69, 9.17) is 11.5 Å². The Kier molecular flexibility index (Phi) is 4.99. The Morgan fingerprint density at radius 1 is 1.52 bits per heavy atom. The molecule has 0 amide bonds. The Hall–Kier alpha value is -1.63. The summed E-state index contributed by atoms with van der Waals surface area (Å²) in [5.74, 6) is -3.83. The highest BCUT2D eigenvalue weighted by molar-refractivity contribution is 5.23. The Morgan fingerprint density at radius 2 is 2.10 bits per heavy atom. The van der Waals surface area contributed by atoms with Crippen LogP contribution in [0.1, 0.15) is 6.30 Å². The molecule has 0 aliphatic rings. The molecule has 1 rings (SSSR count). The van der Waals surface area contributed by atoms with Gasteiger partial charge in [0, 0.05) is 19.9 Å². The first-order valence-corrected chi connectivity index (χ1v) is 5.70. The van der Waals surface area contributed by atoms with E-state index in [0.717, 1.165) is 19.4 Å². The standard InChI is InChI=1S/C10H17FN4O6/c1-21-9(4-12,10(18,19)20)6(16)7(11)15-3-2-5(13)14-8(15)17/h2-3,6-7,16,18-20H,4,12H2,1H3,(H2,13,14,17)/t6-,7-,9?/m0/s1. The third-order valence-electron chi connectivity index (χ3n) is 3.09. The van der Waals surface area contributed by atoms with E-state index >= 15 is 0 Å². The van der Waals surface area contributed by atoms with Crippen LogP contribution in [0.2, 0.25) is 0 Å². The molecule has 11 heteroatoms. The Balaban J connectivity index is 3.27. The molecule has 3 atom stereocenters. The van der Waals surface area contributed by atoms with E-state index in [1.54, 1.807) is 0 Å². The molecule has 8 N–H and O–H groups in total. The van der Waals surface area contributed by atoms with Gasteiger partial charge in [0.15, 0.2) is 5.60 Å². The average Bonchev–Trinajstić information content (AvgIpc) is 2.38. The van der Waals surface area contributed by atoms with Crippen LogP contribution in [0.15, 0.2) is 17.1 Å². The number of nitrogens with zero attached hydrogens (tertiary/aromatic N) is 2. The third kappa shape index (κ3) is 3.02.